The van der Waals surface area contributed by atoms with E-state index in [1.54, 1.807) is 0 Å². The molecule has 0 fully saturated rings. The second-order valence-corrected chi connectivity index (χ2v) is 6.89. The van der Waals surface area contributed by atoms with Crippen molar-refractivity contribution in [2.24, 2.45) is 5.41 Å². The minimum absolute atomic E-state index is 0.0620. The van der Waals surface area contributed by atoms with Gasteiger partial charge >= 0.3 is 0 Å². The van der Waals surface area contributed by atoms with Gasteiger partial charge in [-0.3, -0.25) is 4.79 Å². The second kappa shape index (κ2) is 8.67. The van der Waals surface area contributed by atoms with Crippen molar-refractivity contribution < 1.29 is 4.79 Å². The van der Waals surface area contributed by atoms with Crippen LogP contribution in [0.3, 0.4) is 0 Å². The Morgan fingerprint density at radius 3 is 1.19 bits per heavy atom. The summed E-state index contributed by atoms with van der Waals surface area (Å²) < 4.78 is 0. The predicted octanol–water partition coefficient (Wildman–Crippen LogP) is 4.86. The Bertz CT molecular complexity index is 711. The van der Waals surface area contributed by atoms with Crippen LogP contribution >= 0.6 is 0 Å². The summed E-state index contributed by atoms with van der Waals surface area (Å²) in [6.07, 6.45) is 2.13. The maximum atomic E-state index is 13.1. The van der Waals surface area contributed by atoms with Crippen LogP contribution in [-0.4, -0.2) is 13.6 Å². The minimum Gasteiger partial charge on any atom is -0.300 e. The summed E-state index contributed by atoms with van der Waals surface area (Å²) in [7, 11) is 5.87. The highest BCUT2D eigenvalue weighted by Crippen LogP contribution is 2.34. The fourth-order valence-corrected chi connectivity index (χ4v) is 3.66. The average Bonchev–Trinajstić information content (AvgIpc) is 2.69. The molecule has 0 N–H and O–H groups in total. The Morgan fingerprint density at radius 1 is 0.615 bits per heavy atom. The smallest absolute Gasteiger partial charge is 0.131 e. The summed E-state index contributed by atoms with van der Waals surface area (Å²) in [6.45, 7) is 0. The van der Waals surface area contributed by atoms with E-state index in [0.717, 1.165) is 0 Å². The second-order valence-electron chi connectivity index (χ2n) is 6.89. The van der Waals surface area contributed by atoms with Crippen LogP contribution < -0.4 is 0 Å². The molecule has 3 rings (SSSR count). The van der Waals surface area contributed by atoms with Gasteiger partial charge in [-0.15, -0.1) is 0 Å². The fraction of sp³-hybridized carbons (Fsp3) is 0.208. The molecule has 0 aliphatic heterocycles. The Hall–Kier alpha value is -2.61. The molecular formula is C24H23BO. The molecular weight excluding hydrogens is 315 g/mol. The van der Waals surface area contributed by atoms with Gasteiger partial charge in [-0.25, -0.2) is 0 Å². The molecule has 0 amide bonds. The number of carbonyl (C=O) groups excluding carboxylic acids is 1. The van der Waals surface area contributed by atoms with Gasteiger partial charge in [-0.2, -0.15) is 0 Å². The largest absolute Gasteiger partial charge is 0.300 e. The molecule has 128 valence electrons. The zero-order valence-corrected chi connectivity index (χ0v) is 15.0. The number of hydrogen-bond donors (Lipinski definition) is 0. The summed E-state index contributed by atoms with van der Waals surface area (Å²) >= 11 is 0. The molecule has 26 heavy (non-hydrogen) atoms. The van der Waals surface area contributed by atoms with Gasteiger partial charge in [-0.05, 0) is 42.3 Å². The number of ketones is 1. The molecule has 0 aliphatic rings. The topological polar surface area (TPSA) is 17.1 Å². The lowest BCUT2D eigenvalue weighted by Gasteiger charge is -2.33. The molecule has 0 bridgehead atoms. The van der Waals surface area contributed by atoms with Crippen molar-refractivity contribution in [1.29, 1.82) is 0 Å². The molecule has 0 saturated carbocycles. The zero-order chi connectivity index (χ0) is 18.2. The predicted molar refractivity (Wildman–Crippen MR) is 108 cm³/mol. The van der Waals surface area contributed by atoms with Crippen LogP contribution in [0, 0.1) is 5.41 Å². The number of Topliss-reactive ketones (excluding diaryl/α,β-unsaturated/α-hetero) is 1. The molecule has 0 aliphatic carbocycles. The summed E-state index contributed by atoms with van der Waals surface area (Å²) in [4.78, 5) is 13.1. The number of rotatable bonds is 8. The van der Waals surface area contributed by atoms with Crippen LogP contribution in [0.5, 0.6) is 0 Å². The first-order valence-electron chi connectivity index (χ1n) is 9.07. The number of hydrogen-bond acceptors (Lipinski definition) is 1. The van der Waals surface area contributed by atoms with Gasteiger partial charge in [-0.1, -0.05) is 91.0 Å². The minimum atomic E-state index is -0.543. The Labute approximate surface area is 157 Å². The highest BCUT2D eigenvalue weighted by molar-refractivity contribution is 6.21. The molecule has 0 heterocycles. The normalized spacial score (nSPS) is 11.2. The van der Waals surface area contributed by atoms with E-state index in [-0.39, 0.29) is 12.1 Å². The van der Waals surface area contributed by atoms with Crippen molar-refractivity contribution in [3.8, 4) is 0 Å². The van der Waals surface area contributed by atoms with E-state index in [2.05, 4.69) is 36.4 Å². The maximum Gasteiger partial charge on any atom is 0.131 e. The summed E-state index contributed by atoms with van der Waals surface area (Å²) in [5, 5.41) is 0. The summed E-state index contributed by atoms with van der Waals surface area (Å²) in [5.41, 5.74) is 2.96. The molecule has 0 aromatic heterocycles. The molecule has 0 saturated heterocycles. The summed E-state index contributed by atoms with van der Waals surface area (Å²) in [6, 6.07) is 30.7. The molecule has 0 atom stereocenters. The first-order valence-corrected chi connectivity index (χ1v) is 9.07. The van der Waals surface area contributed by atoms with Crippen LogP contribution in [0.2, 0.25) is 6.32 Å². The third kappa shape index (κ3) is 4.52. The molecule has 0 unspecified atom stereocenters. The quantitative estimate of drug-likeness (QED) is 0.536. The Kier molecular flexibility index (Phi) is 6.06. The van der Waals surface area contributed by atoms with Crippen LogP contribution in [0.25, 0.3) is 0 Å². The highest BCUT2D eigenvalue weighted by atomic mass is 16.1. The van der Waals surface area contributed by atoms with Crippen LogP contribution in [0.15, 0.2) is 91.0 Å². The van der Waals surface area contributed by atoms with Crippen molar-refractivity contribution >= 4 is 13.6 Å². The Morgan fingerprint density at radius 2 is 0.923 bits per heavy atom. The van der Waals surface area contributed by atoms with E-state index in [1.165, 1.54) is 16.7 Å². The van der Waals surface area contributed by atoms with E-state index in [0.29, 0.717) is 19.3 Å². The van der Waals surface area contributed by atoms with Gasteiger partial charge in [0.05, 0.1) is 7.85 Å². The average molecular weight is 338 g/mol. The molecule has 2 radical (unpaired) electrons. The van der Waals surface area contributed by atoms with Crippen LogP contribution in [0.1, 0.15) is 16.7 Å². The van der Waals surface area contributed by atoms with Crippen molar-refractivity contribution in [3.05, 3.63) is 108 Å². The van der Waals surface area contributed by atoms with Crippen LogP contribution in [0.4, 0.5) is 0 Å². The third-order valence-corrected chi connectivity index (χ3v) is 4.93. The van der Waals surface area contributed by atoms with Gasteiger partial charge in [0.25, 0.3) is 0 Å². The van der Waals surface area contributed by atoms with E-state index in [9.17, 15) is 4.79 Å². The third-order valence-electron chi connectivity index (χ3n) is 4.93. The number of benzene rings is 3. The summed E-state index contributed by atoms with van der Waals surface area (Å²) in [5.74, 6) is 0.119. The maximum absolute atomic E-state index is 13.1. The van der Waals surface area contributed by atoms with Crippen molar-refractivity contribution in [1.82, 2.24) is 0 Å². The molecule has 3 aromatic carbocycles. The highest BCUT2D eigenvalue weighted by Gasteiger charge is 2.37. The first kappa shape index (κ1) is 18.2. The van der Waals surface area contributed by atoms with Crippen molar-refractivity contribution in [2.75, 3.05) is 0 Å². The van der Waals surface area contributed by atoms with Gasteiger partial charge in [0.15, 0.2) is 0 Å². The van der Waals surface area contributed by atoms with Gasteiger partial charge in [0.2, 0.25) is 0 Å². The molecule has 3 aromatic rings. The van der Waals surface area contributed by atoms with Crippen molar-refractivity contribution in [2.45, 2.75) is 25.6 Å². The molecule has 0 spiro atoms. The first-order chi connectivity index (χ1) is 12.7. The zero-order valence-electron chi connectivity index (χ0n) is 15.0. The lowest BCUT2D eigenvalue weighted by molar-refractivity contribution is -0.126. The SMILES string of the molecule is [B]CC(=O)C(Cc1ccccc1)(Cc1ccccc1)Cc1ccccc1. The van der Waals surface area contributed by atoms with E-state index in [4.69, 9.17) is 7.85 Å². The van der Waals surface area contributed by atoms with E-state index >= 15 is 0 Å². The fourth-order valence-electron chi connectivity index (χ4n) is 3.66. The molecule has 1 nitrogen and oxygen atoms in total. The van der Waals surface area contributed by atoms with Gasteiger partial charge in [0, 0.05) is 5.41 Å². The van der Waals surface area contributed by atoms with Crippen molar-refractivity contribution in [3.63, 3.8) is 0 Å². The van der Waals surface area contributed by atoms with Crippen LogP contribution in [-0.2, 0) is 24.1 Å². The monoisotopic (exact) mass is 338 g/mol. The van der Waals surface area contributed by atoms with Gasteiger partial charge in [0.1, 0.15) is 5.78 Å². The van der Waals surface area contributed by atoms with E-state index in [1.807, 2.05) is 54.6 Å². The molecule has 2 heteroatoms. The van der Waals surface area contributed by atoms with E-state index < -0.39 is 5.41 Å². The standard InChI is InChI=1S/C24H23BO/c25-19-23(26)24(16-20-10-4-1-5-11-20,17-21-12-6-2-7-13-21)18-22-14-8-3-9-15-22/h1-15H,16-19H2. The Balaban J connectivity index is 2.02. The lowest BCUT2D eigenvalue weighted by Crippen LogP contribution is -2.38. The lowest BCUT2D eigenvalue weighted by atomic mass is 9.67. The van der Waals surface area contributed by atoms with Gasteiger partial charge < -0.3 is 0 Å². The number of carbonyl (C=O) groups is 1.